The van der Waals surface area contributed by atoms with Gasteiger partial charge in [-0.1, -0.05) is 15.9 Å². The number of piperazine rings is 1. The van der Waals surface area contributed by atoms with E-state index < -0.39 is 0 Å². The first-order valence-corrected chi connectivity index (χ1v) is 7.81. The van der Waals surface area contributed by atoms with E-state index in [9.17, 15) is 4.39 Å². The van der Waals surface area contributed by atoms with Gasteiger partial charge in [0.2, 0.25) is 0 Å². The van der Waals surface area contributed by atoms with Gasteiger partial charge >= 0.3 is 0 Å². The number of likely N-dealkylation sites (N-methyl/N-ethyl adjacent to an activating group) is 2. The zero-order valence-electron chi connectivity index (χ0n) is 12.4. The van der Waals surface area contributed by atoms with Gasteiger partial charge in [-0.2, -0.15) is 0 Å². The summed E-state index contributed by atoms with van der Waals surface area (Å²) in [5.41, 5.74) is 0.739. The summed E-state index contributed by atoms with van der Waals surface area (Å²) in [5.74, 6) is -0.139. The first-order chi connectivity index (χ1) is 9.51. The number of benzene rings is 1. The summed E-state index contributed by atoms with van der Waals surface area (Å²) in [4.78, 5) is 4.72. The van der Waals surface area contributed by atoms with Crippen LogP contribution in [0.5, 0.6) is 0 Å². The van der Waals surface area contributed by atoms with E-state index >= 15 is 0 Å². The van der Waals surface area contributed by atoms with Gasteiger partial charge in [0.25, 0.3) is 0 Å². The molecule has 20 heavy (non-hydrogen) atoms. The van der Waals surface area contributed by atoms with E-state index in [2.05, 4.69) is 45.1 Å². The van der Waals surface area contributed by atoms with Crippen molar-refractivity contribution in [2.24, 2.45) is 0 Å². The lowest BCUT2D eigenvalue weighted by molar-refractivity contribution is 0.101. The third-order valence-electron chi connectivity index (χ3n) is 4.17. The van der Waals surface area contributed by atoms with Gasteiger partial charge in [0.05, 0.1) is 0 Å². The Morgan fingerprint density at radius 1 is 1.40 bits per heavy atom. The summed E-state index contributed by atoms with van der Waals surface area (Å²) in [6.45, 7) is 3.20. The minimum Gasteiger partial charge on any atom is -0.313 e. The molecule has 1 aromatic carbocycles. The molecule has 1 aliphatic heterocycles. The Morgan fingerprint density at radius 2 is 2.15 bits per heavy atom. The van der Waals surface area contributed by atoms with Crippen LogP contribution in [-0.4, -0.2) is 56.6 Å². The highest BCUT2D eigenvalue weighted by Crippen LogP contribution is 2.26. The molecule has 2 atom stereocenters. The molecule has 112 valence electrons. The lowest BCUT2D eigenvalue weighted by atomic mass is 9.97. The molecule has 2 rings (SSSR count). The molecule has 0 aliphatic carbocycles. The Morgan fingerprint density at radius 3 is 2.85 bits per heavy atom. The van der Waals surface area contributed by atoms with Crippen LogP contribution in [0.25, 0.3) is 0 Å². The summed E-state index contributed by atoms with van der Waals surface area (Å²) in [5, 5.41) is 3.26. The molecule has 1 aromatic rings. The van der Waals surface area contributed by atoms with Crippen molar-refractivity contribution in [1.29, 1.82) is 0 Å². The maximum Gasteiger partial charge on any atom is 0.128 e. The molecule has 0 bridgehead atoms. The van der Waals surface area contributed by atoms with Crippen molar-refractivity contribution >= 4 is 15.9 Å². The smallest absolute Gasteiger partial charge is 0.128 e. The Kier molecular flexibility index (Phi) is 5.55. The minimum absolute atomic E-state index is 0.0337. The maximum absolute atomic E-state index is 14.0. The van der Waals surface area contributed by atoms with Crippen molar-refractivity contribution in [3.8, 4) is 0 Å². The highest BCUT2D eigenvalue weighted by molar-refractivity contribution is 9.10. The summed E-state index contributed by atoms with van der Waals surface area (Å²) < 4.78 is 15.0. The first-order valence-electron chi connectivity index (χ1n) is 7.02. The standard InChI is InChI=1S/C15H23BrFN3/c1-18-15(13-8-11(16)4-5-14(13)17)9-12-10-19(2)6-7-20(12)3/h4-5,8,12,15,18H,6-7,9-10H2,1-3H3. The molecule has 1 saturated heterocycles. The monoisotopic (exact) mass is 343 g/mol. The number of nitrogens with one attached hydrogen (secondary N) is 1. The second kappa shape index (κ2) is 6.98. The van der Waals surface area contributed by atoms with Crippen molar-refractivity contribution < 1.29 is 4.39 Å². The van der Waals surface area contributed by atoms with Crippen LogP contribution in [-0.2, 0) is 0 Å². The van der Waals surface area contributed by atoms with Crippen molar-refractivity contribution in [2.75, 3.05) is 40.8 Å². The zero-order valence-corrected chi connectivity index (χ0v) is 14.0. The summed E-state index contributed by atoms with van der Waals surface area (Å²) >= 11 is 3.43. The lowest BCUT2D eigenvalue weighted by Gasteiger charge is -2.39. The molecule has 2 unspecified atom stereocenters. The molecule has 0 radical (unpaired) electrons. The Labute approximate surface area is 129 Å². The van der Waals surface area contributed by atoms with E-state index in [1.165, 1.54) is 6.07 Å². The molecular weight excluding hydrogens is 321 g/mol. The van der Waals surface area contributed by atoms with E-state index in [1.807, 2.05) is 13.1 Å². The van der Waals surface area contributed by atoms with Crippen molar-refractivity contribution in [2.45, 2.75) is 18.5 Å². The molecular formula is C15H23BrFN3. The predicted molar refractivity (Wildman–Crippen MR) is 84.4 cm³/mol. The molecule has 1 aliphatic rings. The van der Waals surface area contributed by atoms with E-state index in [0.717, 1.165) is 36.1 Å². The van der Waals surface area contributed by atoms with Crippen LogP contribution in [0.4, 0.5) is 4.39 Å². The number of rotatable bonds is 4. The SMILES string of the molecule is CNC(CC1CN(C)CCN1C)c1cc(Br)ccc1F. The zero-order chi connectivity index (χ0) is 14.7. The third-order valence-corrected chi connectivity index (χ3v) is 4.66. The van der Waals surface area contributed by atoms with Crippen LogP contribution in [0, 0.1) is 5.82 Å². The number of halogens is 2. The number of hydrogen-bond donors (Lipinski definition) is 1. The Hall–Kier alpha value is -0.490. The Bertz CT molecular complexity index is 455. The third kappa shape index (κ3) is 3.79. The highest BCUT2D eigenvalue weighted by atomic mass is 79.9. The van der Waals surface area contributed by atoms with Crippen molar-refractivity contribution in [3.05, 3.63) is 34.1 Å². The average Bonchev–Trinajstić information content (AvgIpc) is 2.42. The second-order valence-corrected chi connectivity index (χ2v) is 6.56. The molecule has 3 nitrogen and oxygen atoms in total. The summed E-state index contributed by atoms with van der Waals surface area (Å²) in [6.07, 6.45) is 0.907. The van der Waals surface area contributed by atoms with E-state index in [-0.39, 0.29) is 11.9 Å². The second-order valence-electron chi connectivity index (χ2n) is 5.64. The van der Waals surface area contributed by atoms with Crippen molar-refractivity contribution in [1.82, 2.24) is 15.1 Å². The van der Waals surface area contributed by atoms with E-state index in [4.69, 9.17) is 0 Å². The highest BCUT2D eigenvalue weighted by Gasteiger charge is 2.26. The van der Waals surface area contributed by atoms with Gasteiger partial charge in [-0.15, -0.1) is 0 Å². The molecule has 0 aromatic heterocycles. The van der Waals surface area contributed by atoms with Gasteiger partial charge in [-0.05, 0) is 45.8 Å². The van der Waals surface area contributed by atoms with Gasteiger partial charge in [0.1, 0.15) is 5.82 Å². The molecule has 5 heteroatoms. The van der Waals surface area contributed by atoms with E-state index in [0.29, 0.717) is 6.04 Å². The van der Waals surface area contributed by atoms with Gasteiger partial charge in [-0.25, -0.2) is 4.39 Å². The quantitative estimate of drug-likeness (QED) is 0.905. The molecule has 0 spiro atoms. The maximum atomic E-state index is 14.0. The van der Waals surface area contributed by atoms with Crippen LogP contribution in [0.3, 0.4) is 0 Å². The molecule has 1 fully saturated rings. The van der Waals surface area contributed by atoms with Gasteiger partial charge in [0, 0.05) is 41.8 Å². The van der Waals surface area contributed by atoms with Crippen LogP contribution < -0.4 is 5.32 Å². The van der Waals surface area contributed by atoms with Gasteiger partial charge in [0.15, 0.2) is 0 Å². The topological polar surface area (TPSA) is 18.5 Å². The molecule has 1 heterocycles. The van der Waals surface area contributed by atoms with Crippen LogP contribution in [0.15, 0.2) is 22.7 Å². The number of hydrogen-bond acceptors (Lipinski definition) is 3. The molecule has 0 amide bonds. The fourth-order valence-corrected chi connectivity index (χ4v) is 3.19. The largest absolute Gasteiger partial charge is 0.313 e. The molecule has 1 N–H and O–H groups in total. The van der Waals surface area contributed by atoms with Crippen LogP contribution >= 0.6 is 15.9 Å². The van der Waals surface area contributed by atoms with Crippen LogP contribution in [0.2, 0.25) is 0 Å². The first kappa shape index (κ1) is 15.9. The fraction of sp³-hybridized carbons (Fsp3) is 0.600. The number of nitrogens with zero attached hydrogens (tertiary/aromatic N) is 2. The summed E-state index contributed by atoms with van der Waals surface area (Å²) in [7, 11) is 6.20. The van der Waals surface area contributed by atoms with Gasteiger partial charge < -0.3 is 15.1 Å². The molecule has 0 saturated carbocycles. The normalized spacial score (nSPS) is 22.9. The predicted octanol–water partition coefficient (Wildman–Crippen LogP) is 2.48. The summed E-state index contributed by atoms with van der Waals surface area (Å²) in [6, 6.07) is 5.63. The van der Waals surface area contributed by atoms with Crippen LogP contribution in [0.1, 0.15) is 18.0 Å². The van der Waals surface area contributed by atoms with Crippen molar-refractivity contribution in [3.63, 3.8) is 0 Å². The van der Waals surface area contributed by atoms with Gasteiger partial charge in [-0.3, -0.25) is 0 Å². The lowest BCUT2D eigenvalue weighted by Crippen LogP contribution is -2.50. The average molecular weight is 344 g/mol. The Balaban J connectivity index is 2.13. The minimum atomic E-state index is -0.139. The fourth-order valence-electron chi connectivity index (χ4n) is 2.81. The van der Waals surface area contributed by atoms with E-state index in [1.54, 1.807) is 6.07 Å².